The number of likely N-dealkylation sites (tertiary alicyclic amines) is 1. The summed E-state index contributed by atoms with van der Waals surface area (Å²) in [5.74, 6) is 0.685. The Labute approximate surface area is 105 Å². The predicted octanol–water partition coefficient (Wildman–Crippen LogP) is 1.26. The van der Waals surface area contributed by atoms with Gasteiger partial charge in [0.2, 0.25) is 0 Å². The van der Waals surface area contributed by atoms with Crippen molar-refractivity contribution in [1.29, 1.82) is 0 Å². The molecule has 1 saturated heterocycles. The summed E-state index contributed by atoms with van der Waals surface area (Å²) in [5.41, 5.74) is 6.28. The Hall–Kier alpha value is -0.940. The molecular formula is C12H19N3OS. The van der Waals surface area contributed by atoms with Crippen molar-refractivity contribution < 1.29 is 4.21 Å². The van der Waals surface area contributed by atoms with Crippen LogP contribution in [0, 0.1) is 0 Å². The highest BCUT2D eigenvalue weighted by Crippen LogP contribution is 2.15. The van der Waals surface area contributed by atoms with Crippen molar-refractivity contribution in [2.24, 2.45) is 0 Å². The molecule has 2 rings (SSSR count). The van der Waals surface area contributed by atoms with Gasteiger partial charge in [0.25, 0.3) is 0 Å². The van der Waals surface area contributed by atoms with Gasteiger partial charge < -0.3 is 10.6 Å². The molecule has 1 fully saturated rings. The standard InChI is InChI=1S/C12H19N3OS/c13-11-10-14-5-4-12(11)17(16)9-3-8-15-6-1-2-7-15/h4-5,10H,1-3,6-9,13H2. The molecule has 2 N–H and O–H groups in total. The van der Waals surface area contributed by atoms with Crippen molar-refractivity contribution in [2.45, 2.75) is 24.2 Å². The smallest absolute Gasteiger partial charge is 0.0664 e. The number of anilines is 1. The zero-order valence-corrected chi connectivity index (χ0v) is 10.8. The topological polar surface area (TPSA) is 59.2 Å². The molecule has 1 aliphatic heterocycles. The Bertz CT molecular complexity index is 391. The van der Waals surface area contributed by atoms with E-state index in [0.717, 1.165) is 17.9 Å². The summed E-state index contributed by atoms with van der Waals surface area (Å²) in [6, 6.07) is 1.75. The third-order valence-corrected chi connectivity index (χ3v) is 4.58. The number of nitrogens with zero attached hydrogens (tertiary/aromatic N) is 2. The quantitative estimate of drug-likeness (QED) is 0.858. The third kappa shape index (κ3) is 3.51. The molecule has 1 aliphatic rings. The average Bonchev–Trinajstić information content (AvgIpc) is 2.82. The van der Waals surface area contributed by atoms with Crippen LogP contribution in [0.2, 0.25) is 0 Å². The van der Waals surface area contributed by atoms with E-state index in [1.165, 1.54) is 25.9 Å². The first kappa shape index (κ1) is 12.5. The molecule has 0 amide bonds. The van der Waals surface area contributed by atoms with Gasteiger partial charge in [-0.05, 0) is 45.0 Å². The first-order valence-electron chi connectivity index (χ1n) is 6.07. The van der Waals surface area contributed by atoms with E-state index in [1.807, 2.05) is 0 Å². The van der Waals surface area contributed by atoms with Crippen LogP contribution in [0.4, 0.5) is 5.69 Å². The summed E-state index contributed by atoms with van der Waals surface area (Å²) in [6.45, 7) is 3.45. The van der Waals surface area contributed by atoms with Gasteiger partial charge in [-0.1, -0.05) is 0 Å². The zero-order chi connectivity index (χ0) is 12.1. The highest BCUT2D eigenvalue weighted by Gasteiger charge is 2.12. The van der Waals surface area contributed by atoms with E-state index in [-0.39, 0.29) is 0 Å². The maximum atomic E-state index is 12.0. The highest BCUT2D eigenvalue weighted by atomic mass is 32.2. The van der Waals surface area contributed by atoms with Gasteiger partial charge in [0.15, 0.2) is 0 Å². The van der Waals surface area contributed by atoms with Crippen LogP contribution in [-0.4, -0.2) is 39.5 Å². The Kier molecular flexibility index (Phi) is 4.50. The van der Waals surface area contributed by atoms with Crippen LogP contribution < -0.4 is 5.73 Å². The van der Waals surface area contributed by atoms with E-state index in [2.05, 4.69) is 9.88 Å². The minimum Gasteiger partial charge on any atom is -0.396 e. The van der Waals surface area contributed by atoms with Crippen molar-refractivity contribution in [2.75, 3.05) is 31.1 Å². The summed E-state index contributed by atoms with van der Waals surface area (Å²) in [4.78, 5) is 7.06. The van der Waals surface area contributed by atoms with Gasteiger partial charge in [0, 0.05) is 11.9 Å². The average molecular weight is 253 g/mol. The fourth-order valence-corrected chi connectivity index (χ4v) is 3.28. The number of hydrogen-bond donors (Lipinski definition) is 1. The van der Waals surface area contributed by atoms with E-state index < -0.39 is 10.8 Å². The fraction of sp³-hybridized carbons (Fsp3) is 0.583. The van der Waals surface area contributed by atoms with E-state index in [0.29, 0.717) is 11.4 Å². The molecule has 5 heteroatoms. The summed E-state index contributed by atoms with van der Waals surface area (Å²) < 4.78 is 12.0. The van der Waals surface area contributed by atoms with Crippen molar-refractivity contribution >= 4 is 16.5 Å². The molecule has 94 valence electrons. The number of nitrogen functional groups attached to an aromatic ring is 1. The first-order chi connectivity index (χ1) is 8.27. The minimum atomic E-state index is -0.987. The molecule has 1 aromatic heterocycles. The molecule has 1 unspecified atom stereocenters. The van der Waals surface area contributed by atoms with Crippen molar-refractivity contribution in [3.8, 4) is 0 Å². The minimum absolute atomic E-state index is 0.534. The normalized spacial score (nSPS) is 18.4. The third-order valence-electron chi connectivity index (χ3n) is 3.06. The lowest BCUT2D eigenvalue weighted by atomic mass is 10.4. The first-order valence-corrected chi connectivity index (χ1v) is 7.39. The largest absolute Gasteiger partial charge is 0.396 e. The second kappa shape index (κ2) is 6.12. The summed E-state index contributed by atoms with van der Waals surface area (Å²) in [7, 11) is -0.987. The second-order valence-corrected chi connectivity index (χ2v) is 5.90. The molecule has 1 atom stereocenters. The summed E-state index contributed by atoms with van der Waals surface area (Å²) >= 11 is 0. The predicted molar refractivity (Wildman–Crippen MR) is 70.2 cm³/mol. The van der Waals surface area contributed by atoms with E-state index >= 15 is 0 Å². The number of nitrogens with two attached hydrogens (primary N) is 1. The van der Waals surface area contributed by atoms with Gasteiger partial charge in [0.1, 0.15) is 0 Å². The van der Waals surface area contributed by atoms with Crippen LogP contribution in [0.1, 0.15) is 19.3 Å². The van der Waals surface area contributed by atoms with Gasteiger partial charge in [-0.25, -0.2) is 0 Å². The van der Waals surface area contributed by atoms with E-state index in [9.17, 15) is 4.21 Å². The Morgan fingerprint density at radius 3 is 2.88 bits per heavy atom. The summed E-state index contributed by atoms with van der Waals surface area (Å²) in [5, 5.41) is 0. The number of hydrogen-bond acceptors (Lipinski definition) is 4. The zero-order valence-electron chi connectivity index (χ0n) is 9.97. The van der Waals surface area contributed by atoms with Gasteiger partial charge >= 0.3 is 0 Å². The fourth-order valence-electron chi connectivity index (χ4n) is 2.14. The lowest BCUT2D eigenvalue weighted by Crippen LogP contribution is -2.21. The molecule has 0 spiro atoms. The van der Waals surface area contributed by atoms with Crippen LogP contribution in [0.25, 0.3) is 0 Å². The van der Waals surface area contributed by atoms with Crippen molar-refractivity contribution in [1.82, 2.24) is 9.88 Å². The summed E-state index contributed by atoms with van der Waals surface area (Å²) in [6.07, 6.45) is 6.78. The van der Waals surface area contributed by atoms with E-state index in [1.54, 1.807) is 18.5 Å². The Morgan fingerprint density at radius 1 is 1.41 bits per heavy atom. The molecule has 0 radical (unpaired) electrons. The maximum absolute atomic E-state index is 12.0. The maximum Gasteiger partial charge on any atom is 0.0664 e. The molecular weight excluding hydrogens is 234 g/mol. The van der Waals surface area contributed by atoms with Gasteiger partial charge in [-0.2, -0.15) is 0 Å². The van der Waals surface area contributed by atoms with Gasteiger partial charge in [0.05, 0.1) is 27.6 Å². The van der Waals surface area contributed by atoms with Crippen LogP contribution >= 0.6 is 0 Å². The molecule has 0 saturated carbocycles. The lowest BCUT2D eigenvalue weighted by molar-refractivity contribution is 0.340. The van der Waals surface area contributed by atoms with Gasteiger partial charge in [-0.3, -0.25) is 9.19 Å². The van der Waals surface area contributed by atoms with Crippen LogP contribution in [0.3, 0.4) is 0 Å². The van der Waals surface area contributed by atoms with Gasteiger partial charge in [-0.15, -0.1) is 0 Å². The monoisotopic (exact) mass is 253 g/mol. The molecule has 17 heavy (non-hydrogen) atoms. The number of aromatic nitrogens is 1. The van der Waals surface area contributed by atoms with Crippen molar-refractivity contribution in [3.63, 3.8) is 0 Å². The molecule has 0 bridgehead atoms. The van der Waals surface area contributed by atoms with Crippen LogP contribution in [0.5, 0.6) is 0 Å². The second-order valence-electron chi connectivity index (χ2n) is 4.37. The Balaban J connectivity index is 1.79. The SMILES string of the molecule is Nc1cnccc1S(=O)CCCN1CCCC1. The molecule has 0 aromatic carbocycles. The molecule has 4 nitrogen and oxygen atoms in total. The number of rotatable bonds is 5. The lowest BCUT2D eigenvalue weighted by Gasteiger charge is -2.13. The highest BCUT2D eigenvalue weighted by molar-refractivity contribution is 7.85. The van der Waals surface area contributed by atoms with Crippen LogP contribution in [-0.2, 0) is 10.8 Å². The molecule has 1 aromatic rings. The van der Waals surface area contributed by atoms with Crippen molar-refractivity contribution in [3.05, 3.63) is 18.5 Å². The van der Waals surface area contributed by atoms with E-state index in [4.69, 9.17) is 5.73 Å². The molecule has 0 aliphatic carbocycles. The number of pyridine rings is 1. The Morgan fingerprint density at radius 2 is 2.18 bits per heavy atom. The molecule has 2 heterocycles. The van der Waals surface area contributed by atoms with Crippen LogP contribution in [0.15, 0.2) is 23.4 Å².